The van der Waals surface area contributed by atoms with Crippen molar-refractivity contribution in [3.8, 4) is 0 Å². The lowest BCUT2D eigenvalue weighted by atomic mass is 10.2. The highest BCUT2D eigenvalue weighted by atomic mass is 19.1. The molecule has 1 aromatic rings. The number of ether oxygens (including phenoxy) is 2. The number of halogens is 1. The molecule has 0 spiro atoms. The van der Waals surface area contributed by atoms with Crippen molar-refractivity contribution >= 4 is 5.91 Å². The number of hydrogen-bond acceptors (Lipinski definition) is 5. The van der Waals surface area contributed by atoms with Crippen molar-refractivity contribution < 1.29 is 23.2 Å². The van der Waals surface area contributed by atoms with Crippen LogP contribution in [0.15, 0.2) is 4.52 Å². The van der Waals surface area contributed by atoms with Crippen LogP contribution in [0.3, 0.4) is 0 Å². The van der Waals surface area contributed by atoms with Gasteiger partial charge in [-0.1, -0.05) is 5.16 Å². The fourth-order valence-corrected chi connectivity index (χ4v) is 1.31. The second-order valence-electron chi connectivity index (χ2n) is 3.76. The van der Waals surface area contributed by atoms with Crippen molar-refractivity contribution in [3.63, 3.8) is 0 Å². The van der Waals surface area contributed by atoms with Crippen LogP contribution in [0.4, 0.5) is 4.39 Å². The second kappa shape index (κ2) is 7.07. The van der Waals surface area contributed by atoms with E-state index in [1.165, 1.54) is 14.2 Å². The van der Waals surface area contributed by atoms with Crippen LogP contribution in [0.2, 0.25) is 0 Å². The van der Waals surface area contributed by atoms with Crippen LogP contribution < -0.4 is 5.32 Å². The minimum atomic E-state index is -0.829. The highest BCUT2D eigenvalue weighted by Crippen LogP contribution is 2.16. The van der Waals surface area contributed by atoms with Gasteiger partial charge in [-0.25, -0.2) is 4.39 Å². The average Bonchev–Trinajstić information content (AvgIpc) is 2.78. The first-order valence-corrected chi connectivity index (χ1v) is 5.47. The minimum Gasteiger partial charge on any atom is -0.380 e. The normalized spacial score (nSPS) is 12.4. The second-order valence-corrected chi connectivity index (χ2v) is 3.76. The van der Waals surface area contributed by atoms with Crippen LogP contribution in [0, 0.1) is 0 Å². The van der Waals surface area contributed by atoms with E-state index in [0.717, 1.165) is 0 Å². The van der Waals surface area contributed by atoms with E-state index < -0.39 is 12.6 Å². The van der Waals surface area contributed by atoms with E-state index in [2.05, 4.69) is 10.5 Å². The Labute approximate surface area is 104 Å². The van der Waals surface area contributed by atoms with Gasteiger partial charge in [-0.3, -0.25) is 4.79 Å². The SMILES string of the molecule is COCc1onc(C(=O)NCC(C)OC)c1CF. The first kappa shape index (κ1) is 14.6. The first-order valence-electron chi connectivity index (χ1n) is 5.47. The standard InChI is InChI=1S/C11H17FN2O4/c1-7(17-3)5-13-11(15)10-8(4-12)9(6-16-2)18-14-10/h7H,4-6H2,1-3H3,(H,13,15). The Bertz CT molecular complexity index is 394. The lowest BCUT2D eigenvalue weighted by molar-refractivity contribution is 0.0861. The van der Waals surface area contributed by atoms with Gasteiger partial charge in [0.15, 0.2) is 11.5 Å². The Balaban J connectivity index is 2.73. The Morgan fingerprint density at radius 2 is 2.28 bits per heavy atom. The summed E-state index contributed by atoms with van der Waals surface area (Å²) >= 11 is 0. The molecule has 102 valence electrons. The van der Waals surface area contributed by atoms with E-state index >= 15 is 0 Å². The van der Waals surface area contributed by atoms with Crippen molar-refractivity contribution in [2.45, 2.75) is 26.3 Å². The van der Waals surface area contributed by atoms with Crippen LogP contribution in [0.1, 0.15) is 28.7 Å². The molecule has 0 fully saturated rings. The van der Waals surface area contributed by atoms with E-state index in [0.29, 0.717) is 6.54 Å². The highest BCUT2D eigenvalue weighted by molar-refractivity contribution is 5.93. The summed E-state index contributed by atoms with van der Waals surface area (Å²) in [6.45, 7) is 1.36. The summed E-state index contributed by atoms with van der Waals surface area (Å²) in [5.41, 5.74) is 0.0762. The number of methoxy groups -OCH3 is 2. The first-order chi connectivity index (χ1) is 8.63. The molecule has 1 rings (SSSR count). The van der Waals surface area contributed by atoms with Gasteiger partial charge in [-0.2, -0.15) is 0 Å². The minimum absolute atomic E-state index is 0.0483. The fourth-order valence-electron chi connectivity index (χ4n) is 1.31. The number of nitrogens with one attached hydrogen (secondary N) is 1. The Morgan fingerprint density at radius 1 is 1.56 bits per heavy atom. The molecule has 1 N–H and O–H groups in total. The van der Waals surface area contributed by atoms with Gasteiger partial charge in [0, 0.05) is 20.8 Å². The molecule has 0 aliphatic carbocycles. The molecule has 1 heterocycles. The molecule has 6 nitrogen and oxygen atoms in total. The van der Waals surface area contributed by atoms with Gasteiger partial charge < -0.3 is 19.3 Å². The topological polar surface area (TPSA) is 73.6 Å². The summed E-state index contributed by atoms with van der Waals surface area (Å²) in [4.78, 5) is 11.8. The van der Waals surface area contributed by atoms with Crippen LogP contribution in [0.5, 0.6) is 0 Å². The molecule has 1 unspecified atom stereocenters. The third kappa shape index (κ3) is 3.51. The van der Waals surface area contributed by atoms with Crippen molar-refractivity contribution in [1.82, 2.24) is 10.5 Å². The summed E-state index contributed by atoms with van der Waals surface area (Å²) in [6, 6.07) is 0. The van der Waals surface area contributed by atoms with E-state index in [1.54, 1.807) is 6.92 Å². The van der Waals surface area contributed by atoms with E-state index in [9.17, 15) is 9.18 Å². The summed E-state index contributed by atoms with van der Waals surface area (Å²) in [5, 5.41) is 6.15. The van der Waals surface area contributed by atoms with Crippen molar-refractivity contribution in [2.75, 3.05) is 20.8 Å². The summed E-state index contributed by atoms with van der Waals surface area (Å²) in [6.07, 6.45) is -0.131. The molecule has 0 aliphatic heterocycles. The van der Waals surface area contributed by atoms with Crippen molar-refractivity contribution in [2.24, 2.45) is 0 Å². The van der Waals surface area contributed by atoms with Gasteiger partial charge in [-0.05, 0) is 6.92 Å². The van der Waals surface area contributed by atoms with Crippen LogP contribution in [-0.4, -0.2) is 37.9 Å². The lowest BCUT2D eigenvalue weighted by Crippen LogP contribution is -2.32. The Hall–Kier alpha value is -1.47. The molecule has 0 radical (unpaired) electrons. The quantitative estimate of drug-likeness (QED) is 0.793. The zero-order valence-corrected chi connectivity index (χ0v) is 10.7. The molecule has 1 amide bonds. The van der Waals surface area contributed by atoms with E-state index in [-0.39, 0.29) is 29.7 Å². The largest absolute Gasteiger partial charge is 0.380 e. The van der Waals surface area contributed by atoms with Gasteiger partial charge in [0.25, 0.3) is 5.91 Å². The zero-order valence-electron chi connectivity index (χ0n) is 10.7. The predicted molar refractivity (Wildman–Crippen MR) is 60.8 cm³/mol. The van der Waals surface area contributed by atoms with Crippen molar-refractivity contribution in [3.05, 3.63) is 17.0 Å². The summed E-state index contributed by atoms with van der Waals surface area (Å²) in [5.74, 6) is -0.261. The Kier molecular flexibility index (Phi) is 5.73. The molecule has 1 aromatic heterocycles. The van der Waals surface area contributed by atoms with Crippen LogP contribution in [0.25, 0.3) is 0 Å². The maximum Gasteiger partial charge on any atom is 0.273 e. The number of amides is 1. The van der Waals surface area contributed by atoms with E-state index in [4.69, 9.17) is 14.0 Å². The van der Waals surface area contributed by atoms with Gasteiger partial charge in [0.05, 0.1) is 11.7 Å². The number of aromatic nitrogens is 1. The van der Waals surface area contributed by atoms with Gasteiger partial charge >= 0.3 is 0 Å². The monoisotopic (exact) mass is 260 g/mol. The third-order valence-corrected chi connectivity index (χ3v) is 2.45. The molecule has 0 saturated carbocycles. The molecular weight excluding hydrogens is 243 g/mol. The third-order valence-electron chi connectivity index (χ3n) is 2.45. The number of nitrogens with zero attached hydrogens (tertiary/aromatic N) is 1. The number of rotatable bonds is 7. The number of alkyl halides is 1. The number of hydrogen-bond donors (Lipinski definition) is 1. The van der Waals surface area contributed by atoms with Crippen LogP contribution in [-0.2, 0) is 22.8 Å². The maximum absolute atomic E-state index is 12.9. The van der Waals surface area contributed by atoms with Gasteiger partial charge in [0.2, 0.25) is 0 Å². The van der Waals surface area contributed by atoms with E-state index in [1.807, 2.05) is 0 Å². The average molecular weight is 260 g/mol. The van der Waals surface area contributed by atoms with Crippen molar-refractivity contribution in [1.29, 1.82) is 0 Å². The Morgan fingerprint density at radius 3 is 2.83 bits per heavy atom. The molecular formula is C11H17FN2O4. The van der Waals surface area contributed by atoms with Crippen LogP contribution >= 0.6 is 0 Å². The molecule has 7 heteroatoms. The van der Waals surface area contributed by atoms with Gasteiger partial charge in [-0.15, -0.1) is 0 Å². The molecule has 0 aromatic carbocycles. The van der Waals surface area contributed by atoms with Gasteiger partial charge in [0.1, 0.15) is 13.3 Å². The predicted octanol–water partition coefficient (Wildman–Crippen LogP) is 1.06. The number of carbonyl (C=O) groups excluding carboxylic acids is 1. The molecule has 18 heavy (non-hydrogen) atoms. The molecule has 0 bridgehead atoms. The molecule has 0 saturated heterocycles. The molecule has 0 aliphatic rings. The maximum atomic E-state index is 12.9. The summed E-state index contributed by atoms with van der Waals surface area (Å²) in [7, 11) is 2.99. The molecule has 1 atom stereocenters. The summed E-state index contributed by atoms with van der Waals surface area (Å²) < 4.78 is 27.6. The highest BCUT2D eigenvalue weighted by Gasteiger charge is 2.21. The zero-order chi connectivity index (χ0) is 13.5. The number of carbonyl (C=O) groups is 1. The smallest absolute Gasteiger partial charge is 0.273 e. The fraction of sp³-hybridized carbons (Fsp3) is 0.636. The lowest BCUT2D eigenvalue weighted by Gasteiger charge is -2.09.